The first kappa shape index (κ1) is 27.0. The minimum atomic E-state index is -1.70. The van der Waals surface area contributed by atoms with Gasteiger partial charge in [0.15, 0.2) is 6.10 Å². The highest BCUT2D eigenvalue weighted by Crippen LogP contribution is 2.20. The van der Waals surface area contributed by atoms with E-state index < -0.39 is 29.8 Å². The molecule has 0 aromatic carbocycles. The average Bonchev–Trinajstić information content (AvgIpc) is 2.55. The van der Waals surface area contributed by atoms with Crippen molar-refractivity contribution in [2.45, 2.75) is 51.9 Å². The van der Waals surface area contributed by atoms with E-state index in [0.717, 1.165) is 0 Å². The molecule has 0 aromatic heterocycles. The van der Waals surface area contributed by atoms with E-state index in [1.54, 1.807) is 12.2 Å². The van der Waals surface area contributed by atoms with Gasteiger partial charge in [-0.3, -0.25) is 4.79 Å². The molecule has 7 heteroatoms. The molecule has 154 valence electrons. The number of hydrogen-bond acceptors (Lipinski definition) is 6. The van der Waals surface area contributed by atoms with Crippen LogP contribution < -0.4 is 0 Å². The van der Waals surface area contributed by atoms with Crippen molar-refractivity contribution < 1.29 is 28.7 Å². The van der Waals surface area contributed by atoms with E-state index in [-0.39, 0.29) is 13.0 Å². The number of allylic oxidation sites excluding steroid dienone is 3. The van der Waals surface area contributed by atoms with Gasteiger partial charge in [-0.15, -0.1) is 6.58 Å². The van der Waals surface area contributed by atoms with E-state index >= 15 is 0 Å². The van der Waals surface area contributed by atoms with Crippen LogP contribution in [0, 0.1) is 0 Å². The molecule has 0 heterocycles. The van der Waals surface area contributed by atoms with E-state index in [4.69, 9.17) is 9.47 Å². The summed E-state index contributed by atoms with van der Waals surface area (Å²) >= 11 is 0. The van der Waals surface area contributed by atoms with E-state index in [2.05, 4.69) is 19.7 Å². The van der Waals surface area contributed by atoms with E-state index in [1.165, 1.54) is 40.0 Å². The lowest BCUT2D eigenvalue weighted by molar-refractivity contribution is -0.183. The normalized spacial score (nSPS) is 13.6. The molecular formula is C20H32FNO5. The Morgan fingerprint density at radius 1 is 1.26 bits per heavy atom. The smallest absolute Gasteiger partial charge is 0.347 e. The van der Waals surface area contributed by atoms with Crippen LogP contribution in [0.15, 0.2) is 49.6 Å². The zero-order chi connectivity index (χ0) is 21.6. The molecule has 0 saturated heterocycles. The van der Waals surface area contributed by atoms with Gasteiger partial charge >= 0.3 is 11.9 Å². The third kappa shape index (κ3) is 13.6. The summed E-state index contributed by atoms with van der Waals surface area (Å²) in [6.07, 6.45) is 4.92. The summed E-state index contributed by atoms with van der Waals surface area (Å²) in [6.45, 7) is 16.2. The number of esters is 2. The number of likely N-dealkylation sites (N-methyl/N-ethyl adjacent to an activating group) is 1. The Balaban J connectivity index is 0. The summed E-state index contributed by atoms with van der Waals surface area (Å²) < 4.78 is 23.7. The molecule has 0 radical (unpaired) electrons. The molecule has 0 spiro atoms. The summed E-state index contributed by atoms with van der Waals surface area (Å²) in [5, 5.41) is 10.0. The Morgan fingerprint density at radius 2 is 1.78 bits per heavy atom. The molecule has 0 rings (SSSR count). The standard InChI is InChI=1S/C17H26FNO5.C3H6/c1-7-9-13(8-2)11-23-15(20)12(3)24-16(21)14(19(6)22)10-17(4,5)18;1-3-2/h7-9,12,14,22H,1-2,10-11H2,3-6H3;3H,1H2,2H3/b13-9+;/t12-,14+;/m1./s1. The molecule has 0 aromatic rings. The lowest BCUT2D eigenvalue weighted by Crippen LogP contribution is -2.43. The zero-order valence-corrected chi connectivity index (χ0v) is 16.9. The van der Waals surface area contributed by atoms with Gasteiger partial charge in [0.25, 0.3) is 0 Å². The molecule has 2 atom stereocenters. The largest absolute Gasteiger partial charge is 0.458 e. The predicted molar refractivity (Wildman–Crippen MR) is 104 cm³/mol. The van der Waals surface area contributed by atoms with Crippen molar-refractivity contribution in [1.82, 2.24) is 5.06 Å². The first-order chi connectivity index (χ1) is 12.4. The van der Waals surface area contributed by atoms with Crippen molar-refractivity contribution >= 4 is 11.9 Å². The van der Waals surface area contributed by atoms with Gasteiger partial charge in [-0.05, 0) is 33.3 Å². The van der Waals surface area contributed by atoms with Gasteiger partial charge in [0.1, 0.15) is 18.3 Å². The molecule has 0 fully saturated rings. The summed E-state index contributed by atoms with van der Waals surface area (Å²) in [4.78, 5) is 23.9. The van der Waals surface area contributed by atoms with Crippen molar-refractivity contribution in [2.24, 2.45) is 0 Å². The lowest BCUT2D eigenvalue weighted by atomic mass is 10.0. The van der Waals surface area contributed by atoms with Crippen LogP contribution in [0.25, 0.3) is 0 Å². The molecule has 0 aliphatic rings. The van der Waals surface area contributed by atoms with Crippen molar-refractivity contribution in [3.63, 3.8) is 0 Å². The summed E-state index contributed by atoms with van der Waals surface area (Å²) in [7, 11) is 1.21. The van der Waals surface area contributed by atoms with E-state index in [1.807, 2.05) is 6.92 Å². The third-order valence-electron chi connectivity index (χ3n) is 3.00. The van der Waals surface area contributed by atoms with Crippen LogP contribution in [0.4, 0.5) is 4.39 Å². The van der Waals surface area contributed by atoms with Crippen molar-refractivity contribution in [3.05, 3.63) is 49.6 Å². The number of carbonyl (C=O) groups excluding carboxylic acids is 2. The average molecular weight is 385 g/mol. The summed E-state index contributed by atoms with van der Waals surface area (Å²) in [5.41, 5.74) is -1.07. The monoisotopic (exact) mass is 385 g/mol. The van der Waals surface area contributed by atoms with Crippen LogP contribution in [-0.2, 0) is 19.1 Å². The SMILES string of the molecule is C=C/C=C(\C=C)COC(=O)[C@@H](C)OC(=O)[C@H](CC(C)(C)F)N(C)O.C=CC. The van der Waals surface area contributed by atoms with Crippen LogP contribution in [0.3, 0.4) is 0 Å². The molecule has 0 saturated carbocycles. The van der Waals surface area contributed by atoms with Crippen molar-refractivity contribution in [1.29, 1.82) is 0 Å². The van der Waals surface area contributed by atoms with Gasteiger partial charge in [0, 0.05) is 13.5 Å². The number of ether oxygens (including phenoxy) is 2. The highest BCUT2D eigenvalue weighted by atomic mass is 19.1. The number of hydroxylamine groups is 2. The van der Waals surface area contributed by atoms with Crippen molar-refractivity contribution in [3.8, 4) is 0 Å². The third-order valence-corrected chi connectivity index (χ3v) is 3.00. The number of halogens is 1. The summed E-state index contributed by atoms with van der Waals surface area (Å²) in [6, 6.07) is -1.23. The Kier molecular flexibility index (Phi) is 13.9. The first-order valence-corrected chi connectivity index (χ1v) is 8.42. The lowest BCUT2D eigenvalue weighted by Gasteiger charge is -2.26. The molecule has 6 nitrogen and oxygen atoms in total. The fourth-order valence-corrected chi connectivity index (χ4v) is 1.73. The molecule has 0 amide bonds. The second-order valence-electron chi connectivity index (χ2n) is 6.29. The molecule has 0 aliphatic carbocycles. The van der Waals surface area contributed by atoms with E-state index in [9.17, 15) is 19.2 Å². The van der Waals surface area contributed by atoms with Gasteiger partial charge < -0.3 is 14.7 Å². The fourth-order valence-electron chi connectivity index (χ4n) is 1.73. The number of rotatable bonds is 10. The Bertz CT molecular complexity index is 535. The molecule has 0 bridgehead atoms. The molecule has 0 unspecified atom stereocenters. The quantitative estimate of drug-likeness (QED) is 0.267. The minimum absolute atomic E-state index is 0.0446. The first-order valence-electron chi connectivity index (χ1n) is 8.42. The highest BCUT2D eigenvalue weighted by molar-refractivity contribution is 5.81. The Labute approximate surface area is 161 Å². The summed E-state index contributed by atoms with van der Waals surface area (Å²) in [5.74, 6) is -1.68. The predicted octanol–water partition coefficient (Wildman–Crippen LogP) is 3.78. The molecular weight excluding hydrogens is 353 g/mol. The second kappa shape index (κ2) is 13.9. The van der Waals surface area contributed by atoms with Crippen LogP contribution in [0.1, 0.15) is 34.1 Å². The highest BCUT2D eigenvalue weighted by Gasteiger charge is 2.33. The van der Waals surface area contributed by atoms with E-state index in [0.29, 0.717) is 10.6 Å². The van der Waals surface area contributed by atoms with Gasteiger partial charge in [-0.1, -0.05) is 37.5 Å². The number of carbonyl (C=O) groups is 2. The fraction of sp³-hybridized carbons (Fsp3) is 0.500. The molecule has 1 N–H and O–H groups in total. The van der Waals surface area contributed by atoms with Crippen LogP contribution in [0.5, 0.6) is 0 Å². The second-order valence-corrected chi connectivity index (χ2v) is 6.29. The van der Waals surface area contributed by atoms with Crippen LogP contribution in [-0.4, -0.2) is 53.7 Å². The number of alkyl halides is 1. The van der Waals surface area contributed by atoms with Crippen molar-refractivity contribution in [2.75, 3.05) is 13.7 Å². The van der Waals surface area contributed by atoms with Gasteiger partial charge in [-0.25, -0.2) is 9.18 Å². The van der Waals surface area contributed by atoms with Gasteiger partial charge in [-0.2, -0.15) is 5.06 Å². The molecule has 27 heavy (non-hydrogen) atoms. The molecule has 0 aliphatic heterocycles. The van der Waals surface area contributed by atoms with Gasteiger partial charge in [0.2, 0.25) is 0 Å². The van der Waals surface area contributed by atoms with Crippen LogP contribution in [0.2, 0.25) is 0 Å². The number of hydrogen-bond donors (Lipinski definition) is 1. The maximum absolute atomic E-state index is 13.7. The zero-order valence-electron chi connectivity index (χ0n) is 16.9. The Hall–Kier alpha value is -2.25. The maximum atomic E-state index is 13.7. The van der Waals surface area contributed by atoms with Gasteiger partial charge in [0.05, 0.1) is 0 Å². The van der Waals surface area contributed by atoms with Crippen LogP contribution >= 0.6 is 0 Å². The maximum Gasteiger partial charge on any atom is 0.347 e. The Morgan fingerprint density at radius 3 is 2.15 bits per heavy atom. The topological polar surface area (TPSA) is 76.1 Å². The number of nitrogens with zero attached hydrogens (tertiary/aromatic N) is 1. The minimum Gasteiger partial charge on any atom is -0.458 e.